The lowest BCUT2D eigenvalue weighted by atomic mass is 10.2. The molecule has 0 saturated carbocycles. The number of aromatic carboxylic acids is 1. The van der Waals surface area contributed by atoms with Crippen molar-refractivity contribution in [2.45, 2.75) is 19.9 Å². The number of likely N-dealkylation sites (N-methyl/N-ethyl adjacent to an activating group) is 1. The Morgan fingerprint density at radius 3 is 2.82 bits per heavy atom. The molecule has 1 unspecified atom stereocenters. The van der Waals surface area contributed by atoms with Gasteiger partial charge in [0.15, 0.2) is 0 Å². The van der Waals surface area contributed by atoms with Crippen molar-refractivity contribution in [3.8, 4) is 0 Å². The second-order valence-corrected chi connectivity index (χ2v) is 3.86. The topological polar surface area (TPSA) is 62.9 Å². The predicted octanol–water partition coefficient (Wildman–Crippen LogP) is 2.01. The Hall–Kier alpha value is -1.33. The minimum absolute atomic E-state index is 0.0231. The van der Waals surface area contributed by atoms with Crippen molar-refractivity contribution in [3.63, 3.8) is 0 Å². The van der Waals surface area contributed by atoms with Crippen LogP contribution < -0.4 is 0 Å². The molecule has 5 heteroatoms. The van der Waals surface area contributed by atoms with Crippen LogP contribution in [0.3, 0.4) is 0 Å². The van der Waals surface area contributed by atoms with Gasteiger partial charge in [-0.1, -0.05) is 0 Å². The Labute approximate surface area is 101 Å². The average Bonchev–Trinajstić information content (AvgIpc) is 2.77. The summed E-state index contributed by atoms with van der Waals surface area (Å²) in [4.78, 5) is 12.7. The van der Waals surface area contributed by atoms with E-state index in [1.807, 2.05) is 20.9 Å². The SMILES string of the molecule is CCOCCN(C)C(C)c1ccc(C(=O)O)o1. The van der Waals surface area contributed by atoms with Crippen LogP contribution in [-0.2, 0) is 4.74 Å². The van der Waals surface area contributed by atoms with Crippen molar-refractivity contribution in [1.29, 1.82) is 0 Å². The van der Waals surface area contributed by atoms with Crippen LogP contribution in [-0.4, -0.2) is 42.8 Å². The number of hydrogen-bond donors (Lipinski definition) is 1. The molecule has 1 heterocycles. The first kappa shape index (κ1) is 13.7. The molecule has 0 aliphatic heterocycles. The highest BCUT2D eigenvalue weighted by molar-refractivity contribution is 5.84. The summed E-state index contributed by atoms with van der Waals surface area (Å²) in [5, 5.41) is 8.76. The molecule has 0 spiro atoms. The molecular formula is C12H19NO4. The van der Waals surface area contributed by atoms with Crippen molar-refractivity contribution in [2.75, 3.05) is 26.8 Å². The molecule has 17 heavy (non-hydrogen) atoms. The summed E-state index contributed by atoms with van der Waals surface area (Å²) in [6, 6.07) is 3.21. The molecule has 1 rings (SSSR count). The highest BCUT2D eigenvalue weighted by atomic mass is 16.5. The first-order valence-corrected chi connectivity index (χ1v) is 5.67. The molecule has 0 aliphatic carbocycles. The van der Waals surface area contributed by atoms with Crippen LogP contribution in [0.5, 0.6) is 0 Å². The van der Waals surface area contributed by atoms with Crippen molar-refractivity contribution < 1.29 is 19.1 Å². The second kappa shape index (κ2) is 6.42. The number of carboxylic acids is 1. The quantitative estimate of drug-likeness (QED) is 0.740. The average molecular weight is 241 g/mol. The second-order valence-electron chi connectivity index (χ2n) is 3.86. The van der Waals surface area contributed by atoms with E-state index in [1.54, 1.807) is 6.07 Å². The van der Waals surface area contributed by atoms with Gasteiger partial charge in [-0.15, -0.1) is 0 Å². The molecule has 96 valence electrons. The number of furan rings is 1. The summed E-state index contributed by atoms with van der Waals surface area (Å²) < 4.78 is 10.5. The van der Waals surface area contributed by atoms with E-state index in [-0.39, 0.29) is 11.8 Å². The van der Waals surface area contributed by atoms with E-state index >= 15 is 0 Å². The Balaban J connectivity index is 2.55. The zero-order valence-corrected chi connectivity index (χ0v) is 10.5. The summed E-state index contributed by atoms with van der Waals surface area (Å²) in [6.45, 7) is 6.06. The maximum atomic E-state index is 10.7. The van der Waals surface area contributed by atoms with E-state index in [0.29, 0.717) is 19.0 Å². The standard InChI is InChI=1S/C12H19NO4/c1-4-16-8-7-13(3)9(2)10-5-6-11(17-10)12(14)15/h5-6,9H,4,7-8H2,1-3H3,(H,14,15). The van der Waals surface area contributed by atoms with Gasteiger partial charge in [0.25, 0.3) is 0 Å². The summed E-state index contributed by atoms with van der Waals surface area (Å²) in [5.41, 5.74) is 0. The third-order valence-electron chi connectivity index (χ3n) is 2.70. The van der Waals surface area contributed by atoms with Crippen molar-refractivity contribution in [1.82, 2.24) is 4.90 Å². The third kappa shape index (κ3) is 3.87. The molecule has 1 aromatic heterocycles. The molecule has 0 aromatic carbocycles. The van der Waals surface area contributed by atoms with Gasteiger partial charge < -0.3 is 14.3 Å². The van der Waals surface area contributed by atoms with Crippen LogP contribution in [0.2, 0.25) is 0 Å². The van der Waals surface area contributed by atoms with Crippen LogP contribution in [0.1, 0.15) is 36.2 Å². The largest absolute Gasteiger partial charge is 0.475 e. The fourth-order valence-corrected chi connectivity index (χ4v) is 1.46. The molecule has 0 fully saturated rings. The normalized spacial score (nSPS) is 12.9. The number of ether oxygens (including phenoxy) is 1. The van der Waals surface area contributed by atoms with E-state index in [9.17, 15) is 4.79 Å². The van der Waals surface area contributed by atoms with Gasteiger partial charge in [-0.2, -0.15) is 0 Å². The zero-order chi connectivity index (χ0) is 12.8. The van der Waals surface area contributed by atoms with Gasteiger partial charge in [0, 0.05) is 13.2 Å². The highest BCUT2D eigenvalue weighted by Crippen LogP contribution is 2.20. The summed E-state index contributed by atoms with van der Waals surface area (Å²) in [7, 11) is 1.95. The van der Waals surface area contributed by atoms with Crippen LogP contribution in [0.15, 0.2) is 16.5 Å². The minimum Gasteiger partial charge on any atom is -0.475 e. The first-order valence-electron chi connectivity index (χ1n) is 5.67. The Bertz CT molecular complexity index is 361. The van der Waals surface area contributed by atoms with Crippen LogP contribution >= 0.6 is 0 Å². The van der Waals surface area contributed by atoms with Crippen molar-refractivity contribution in [3.05, 3.63) is 23.7 Å². The molecule has 5 nitrogen and oxygen atoms in total. The van der Waals surface area contributed by atoms with E-state index in [2.05, 4.69) is 4.90 Å². The fourth-order valence-electron chi connectivity index (χ4n) is 1.46. The van der Waals surface area contributed by atoms with E-state index in [0.717, 1.165) is 6.54 Å². The molecule has 0 saturated heterocycles. The van der Waals surface area contributed by atoms with E-state index in [1.165, 1.54) is 6.07 Å². The highest BCUT2D eigenvalue weighted by Gasteiger charge is 2.17. The lowest BCUT2D eigenvalue weighted by Crippen LogP contribution is -2.26. The number of carbonyl (C=O) groups is 1. The Kier molecular flexibility index (Phi) is 5.18. The molecule has 0 amide bonds. The van der Waals surface area contributed by atoms with Crippen molar-refractivity contribution in [2.24, 2.45) is 0 Å². The van der Waals surface area contributed by atoms with E-state index in [4.69, 9.17) is 14.3 Å². The predicted molar refractivity (Wildman–Crippen MR) is 63.2 cm³/mol. The monoisotopic (exact) mass is 241 g/mol. The minimum atomic E-state index is -1.04. The summed E-state index contributed by atoms with van der Waals surface area (Å²) >= 11 is 0. The molecule has 0 aliphatic rings. The van der Waals surface area contributed by atoms with Crippen LogP contribution in [0.4, 0.5) is 0 Å². The number of hydrogen-bond acceptors (Lipinski definition) is 4. The molecular weight excluding hydrogens is 222 g/mol. The smallest absolute Gasteiger partial charge is 0.371 e. The Morgan fingerprint density at radius 1 is 1.59 bits per heavy atom. The zero-order valence-electron chi connectivity index (χ0n) is 10.5. The molecule has 1 N–H and O–H groups in total. The van der Waals surface area contributed by atoms with Gasteiger partial charge in [0.1, 0.15) is 5.76 Å². The maximum Gasteiger partial charge on any atom is 0.371 e. The van der Waals surface area contributed by atoms with Crippen molar-refractivity contribution >= 4 is 5.97 Å². The third-order valence-corrected chi connectivity index (χ3v) is 2.70. The Morgan fingerprint density at radius 2 is 2.29 bits per heavy atom. The fraction of sp³-hybridized carbons (Fsp3) is 0.583. The van der Waals surface area contributed by atoms with Gasteiger partial charge >= 0.3 is 5.97 Å². The lowest BCUT2D eigenvalue weighted by molar-refractivity contribution is 0.0653. The molecule has 0 bridgehead atoms. The van der Waals surface area contributed by atoms with Gasteiger partial charge in [-0.3, -0.25) is 4.90 Å². The van der Waals surface area contributed by atoms with Gasteiger partial charge in [0.2, 0.25) is 5.76 Å². The maximum absolute atomic E-state index is 10.7. The van der Waals surface area contributed by atoms with Crippen LogP contribution in [0, 0.1) is 0 Å². The molecule has 1 atom stereocenters. The number of rotatable bonds is 7. The summed E-state index contributed by atoms with van der Waals surface area (Å²) in [6.07, 6.45) is 0. The number of nitrogens with zero attached hydrogens (tertiary/aromatic N) is 1. The van der Waals surface area contributed by atoms with Gasteiger partial charge in [-0.05, 0) is 33.0 Å². The van der Waals surface area contributed by atoms with Crippen LogP contribution in [0.25, 0.3) is 0 Å². The first-order chi connectivity index (χ1) is 8.06. The summed E-state index contributed by atoms with van der Waals surface area (Å²) in [5.74, 6) is -0.410. The number of carboxylic acid groups (broad SMARTS) is 1. The van der Waals surface area contributed by atoms with Gasteiger partial charge in [-0.25, -0.2) is 4.79 Å². The molecule has 0 radical (unpaired) electrons. The van der Waals surface area contributed by atoms with Gasteiger partial charge in [0.05, 0.1) is 12.6 Å². The van der Waals surface area contributed by atoms with E-state index < -0.39 is 5.97 Å². The lowest BCUT2D eigenvalue weighted by Gasteiger charge is -2.22. The molecule has 1 aromatic rings.